The maximum atomic E-state index is 5.75. The van der Waals surface area contributed by atoms with Crippen LogP contribution in [-0.4, -0.2) is 19.1 Å². The zero-order valence-electron chi connectivity index (χ0n) is 9.15. The van der Waals surface area contributed by atoms with Crippen LogP contribution in [0.5, 0.6) is 0 Å². The van der Waals surface area contributed by atoms with Crippen LogP contribution >= 0.6 is 0 Å². The van der Waals surface area contributed by atoms with Gasteiger partial charge in [-0.2, -0.15) is 0 Å². The van der Waals surface area contributed by atoms with Crippen molar-refractivity contribution in [1.29, 1.82) is 0 Å². The smallest absolute Gasteiger partial charge is 0.0196 e. The van der Waals surface area contributed by atoms with Crippen LogP contribution in [0.25, 0.3) is 0 Å². The number of benzene rings is 1. The molecule has 1 aliphatic heterocycles. The second kappa shape index (κ2) is 5.29. The minimum Gasteiger partial charge on any atom is -0.329 e. The molecule has 1 heterocycles. The molecule has 1 aromatic rings. The highest BCUT2D eigenvalue weighted by Gasteiger charge is 2.19. The lowest BCUT2D eigenvalue weighted by molar-refractivity contribution is 0.490. The summed E-state index contributed by atoms with van der Waals surface area (Å²) in [6.07, 6.45) is 3.73. The molecule has 0 aromatic heterocycles. The second-order valence-electron chi connectivity index (χ2n) is 4.37. The van der Waals surface area contributed by atoms with E-state index in [1.165, 1.54) is 24.8 Å². The molecule has 0 saturated carbocycles. The Kier molecular flexibility index (Phi) is 3.75. The summed E-state index contributed by atoms with van der Waals surface area (Å²) in [7, 11) is 0. The van der Waals surface area contributed by atoms with Gasteiger partial charge in [-0.25, -0.2) is 0 Å². The molecule has 2 unspecified atom stereocenters. The highest BCUT2D eigenvalue weighted by molar-refractivity contribution is 5.20. The van der Waals surface area contributed by atoms with Crippen molar-refractivity contribution in [3.05, 3.63) is 35.9 Å². The van der Waals surface area contributed by atoms with E-state index in [1.807, 2.05) is 0 Å². The van der Waals surface area contributed by atoms with Gasteiger partial charge in [0.1, 0.15) is 0 Å². The Hall–Kier alpha value is -0.860. The molecule has 1 aliphatic rings. The Morgan fingerprint density at radius 3 is 2.80 bits per heavy atom. The van der Waals surface area contributed by atoms with E-state index < -0.39 is 0 Å². The van der Waals surface area contributed by atoms with Crippen LogP contribution in [0.15, 0.2) is 30.3 Å². The molecule has 0 amide bonds. The topological polar surface area (TPSA) is 38.0 Å². The molecule has 1 fully saturated rings. The van der Waals surface area contributed by atoms with Crippen molar-refractivity contribution in [2.24, 2.45) is 5.73 Å². The summed E-state index contributed by atoms with van der Waals surface area (Å²) in [6, 6.07) is 11.3. The van der Waals surface area contributed by atoms with Crippen LogP contribution in [0.4, 0.5) is 0 Å². The molecule has 2 atom stereocenters. The highest BCUT2D eigenvalue weighted by Crippen LogP contribution is 2.27. The molecule has 0 spiro atoms. The summed E-state index contributed by atoms with van der Waals surface area (Å²) in [5.41, 5.74) is 7.22. The van der Waals surface area contributed by atoms with E-state index in [0.29, 0.717) is 12.0 Å². The summed E-state index contributed by atoms with van der Waals surface area (Å²) in [5, 5.41) is 3.51. The zero-order valence-corrected chi connectivity index (χ0v) is 9.15. The maximum Gasteiger partial charge on any atom is 0.0196 e. The molecule has 1 aromatic carbocycles. The fraction of sp³-hybridized carbons (Fsp3) is 0.538. The molecule has 2 rings (SSSR count). The van der Waals surface area contributed by atoms with Gasteiger partial charge in [0.05, 0.1) is 0 Å². The number of hydrogen-bond donors (Lipinski definition) is 2. The van der Waals surface area contributed by atoms with Gasteiger partial charge in [0.2, 0.25) is 0 Å². The lowest BCUT2D eigenvalue weighted by Crippen LogP contribution is -2.35. The average Bonchev–Trinajstić information content (AvgIpc) is 2.55. The summed E-state index contributed by atoms with van der Waals surface area (Å²) >= 11 is 0. The van der Waals surface area contributed by atoms with E-state index in [9.17, 15) is 0 Å². The van der Waals surface area contributed by atoms with Crippen LogP contribution in [0.2, 0.25) is 0 Å². The Morgan fingerprint density at radius 2 is 2.07 bits per heavy atom. The fourth-order valence-electron chi connectivity index (χ4n) is 2.41. The average molecular weight is 204 g/mol. The van der Waals surface area contributed by atoms with Crippen molar-refractivity contribution in [2.75, 3.05) is 13.1 Å². The molecule has 15 heavy (non-hydrogen) atoms. The van der Waals surface area contributed by atoms with Crippen molar-refractivity contribution in [3.8, 4) is 0 Å². The van der Waals surface area contributed by atoms with E-state index in [2.05, 4.69) is 35.6 Å². The Bertz CT molecular complexity index is 284. The zero-order chi connectivity index (χ0) is 10.5. The molecule has 2 nitrogen and oxygen atoms in total. The van der Waals surface area contributed by atoms with Gasteiger partial charge in [-0.3, -0.25) is 0 Å². The van der Waals surface area contributed by atoms with Gasteiger partial charge in [0.15, 0.2) is 0 Å². The van der Waals surface area contributed by atoms with Gasteiger partial charge in [0.25, 0.3) is 0 Å². The molecule has 2 heteroatoms. The van der Waals surface area contributed by atoms with Crippen molar-refractivity contribution >= 4 is 0 Å². The van der Waals surface area contributed by atoms with E-state index in [-0.39, 0.29) is 0 Å². The van der Waals surface area contributed by atoms with Gasteiger partial charge in [-0.15, -0.1) is 0 Å². The standard InChI is InChI=1S/C13H20N2/c14-10-13-9-12(7-4-8-15-13)11-5-2-1-3-6-11/h1-3,5-6,12-13,15H,4,7-10,14H2. The SMILES string of the molecule is NCC1CC(c2ccccc2)CCCN1. The minimum atomic E-state index is 0.498. The minimum absolute atomic E-state index is 0.498. The van der Waals surface area contributed by atoms with E-state index >= 15 is 0 Å². The van der Waals surface area contributed by atoms with Crippen molar-refractivity contribution in [1.82, 2.24) is 5.32 Å². The molecule has 0 aliphatic carbocycles. The lowest BCUT2D eigenvalue weighted by Gasteiger charge is -2.19. The second-order valence-corrected chi connectivity index (χ2v) is 4.37. The van der Waals surface area contributed by atoms with Crippen LogP contribution in [0.3, 0.4) is 0 Å². The van der Waals surface area contributed by atoms with Crippen molar-refractivity contribution in [3.63, 3.8) is 0 Å². The van der Waals surface area contributed by atoms with E-state index in [4.69, 9.17) is 5.73 Å². The Labute approximate surface area is 91.9 Å². The number of nitrogens with one attached hydrogen (secondary N) is 1. The predicted octanol–water partition coefficient (Wildman–Crippen LogP) is 1.87. The maximum absolute atomic E-state index is 5.75. The Balaban J connectivity index is 2.07. The molecular formula is C13H20N2. The largest absolute Gasteiger partial charge is 0.329 e. The highest BCUT2D eigenvalue weighted by atomic mass is 14.9. The summed E-state index contributed by atoms with van der Waals surface area (Å²) in [4.78, 5) is 0. The molecule has 0 radical (unpaired) electrons. The van der Waals surface area contributed by atoms with Crippen LogP contribution in [0.1, 0.15) is 30.7 Å². The third kappa shape index (κ3) is 2.80. The lowest BCUT2D eigenvalue weighted by atomic mass is 9.90. The third-order valence-corrected chi connectivity index (χ3v) is 3.29. The van der Waals surface area contributed by atoms with Gasteiger partial charge in [-0.1, -0.05) is 30.3 Å². The van der Waals surface area contributed by atoms with Crippen LogP contribution in [0, 0.1) is 0 Å². The van der Waals surface area contributed by atoms with Crippen LogP contribution < -0.4 is 11.1 Å². The fourth-order valence-corrected chi connectivity index (χ4v) is 2.41. The van der Waals surface area contributed by atoms with Crippen molar-refractivity contribution in [2.45, 2.75) is 31.2 Å². The molecule has 1 saturated heterocycles. The van der Waals surface area contributed by atoms with Crippen LogP contribution in [-0.2, 0) is 0 Å². The predicted molar refractivity (Wildman–Crippen MR) is 63.9 cm³/mol. The first-order chi connectivity index (χ1) is 7.40. The number of rotatable bonds is 2. The quantitative estimate of drug-likeness (QED) is 0.772. The number of hydrogen-bond acceptors (Lipinski definition) is 2. The summed E-state index contributed by atoms with van der Waals surface area (Å²) < 4.78 is 0. The summed E-state index contributed by atoms with van der Waals surface area (Å²) in [5.74, 6) is 0.690. The normalized spacial score (nSPS) is 27.3. The monoisotopic (exact) mass is 204 g/mol. The first-order valence-electron chi connectivity index (χ1n) is 5.88. The van der Waals surface area contributed by atoms with Gasteiger partial charge < -0.3 is 11.1 Å². The van der Waals surface area contributed by atoms with Gasteiger partial charge in [-0.05, 0) is 37.3 Å². The molecule has 0 bridgehead atoms. The van der Waals surface area contributed by atoms with E-state index in [1.54, 1.807) is 0 Å². The molecule has 3 N–H and O–H groups in total. The number of nitrogens with two attached hydrogens (primary N) is 1. The first kappa shape index (κ1) is 10.7. The van der Waals surface area contributed by atoms with Gasteiger partial charge >= 0.3 is 0 Å². The molecule has 82 valence electrons. The summed E-state index contributed by atoms with van der Waals surface area (Å²) in [6.45, 7) is 1.87. The third-order valence-electron chi connectivity index (χ3n) is 3.29. The first-order valence-corrected chi connectivity index (χ1v) is 5.88. The Morgan fingerprint density at radius 1 is 1.27 bits per heavy atom. The van der Waals surface area contributed by atoms with Gasteiger partial charge in [0, 0.05) is 12.6 Å². The molecular weight excluding hydrogens is 184 g/mol. The van der Waals surface area contributed by atoms with E-state index in [0.717, 1.165) is 13.1 Å². The van der Waals surface area contributed by atoms with Crippen molar-refractivity contribution < 1.29 is 0 Å².